The fraction of sp³-hybridized carbons (Fsp3) is 0.429. The summed E-state index contributed by atoms with van der Waals surface area (Å²) in [5.74, 6) is -0.181. The smallest absolute Gasteiger partial charge is 0.239 e. The van der Waals surface area contributed by atoms with Gasteiger partial charge in [0.25, 0.3) is 0 Å². The van der Waals surface area contributed by atoms with E-state index in [4.69, 9.17) is 0 Å². The number of phenolic OH excluding ortho intramolecular Hbond substituents is 1. The minimum absolute atomic E-state index is 0.0532. The van der Waals surface area contributed by atoms with Crippen molar-refractivity contribution in [3.05, 3.63) is 29.8 Å². The molecule has 0 radical (unpaired) electrons. The average molecular weight is 264 g/mol. The van der Waals surface area contributed by atoms with E-state index in [1.54, 1.807) is 31.3 Å². The van der Waals surface area contributed by atoms with Gasteiger partial charge >= 0.3 is 0 Å². The number of hydrogen-bond donors (Lipinski definition) is 2. The van der Waals surface area contributed by atoms with Gasteiger partial charge in [0, 0.05) is 13.6 Å². The molecule has 1 rings (SSSR count). The molecule has 0 aliphatic heterocycles. The van der Waals surface area contributed by atoms with Crippen LogP contribution < -0.4 is 5.32 Å². The molecular formula is C14H20N2O3. The average Bonchev–Trinajstić information content (AvgIpc) is 2.36. The van der Waals surface area contributed by atoms with Gasteiger partial charge in [-0.2, -0.15) is 0 Å². The van der Waals surface area contributed by atoms with Gasteiger partial charge in [-0.05, 0) is 24.1 Å². The van der Waals surface area contributed by atoms with Crippen molar-refractivity contribution < 1.29 is 14.7 Å². The zero-order valence-corrected chi connectivity index (χ0v) is 11.3. The molecule has 0 aliphatic rings. The first-order chi connectivity index (χ1) is 9.02. The summed E-state index contributed by atoms with van der Waals surface area (Å²) in [6.45, 7) is 2.64. The summed E-state index contributed by atoms with van der Waals surface area (Å²) in [4.78, 5) is 24.8. The highest BCUT2D eigenvalue weighted by atomic mass is 16.3. The lowest BCUT2D eigenvalue weighted by Crippen LogP contribution is -2.39. The fourth-order valence-corrected chi connectivity index (χ4v) is 1.60. The van der Waals surface area contributed by atoms with Crippen LogP contribution in [-0.2, 0) is 16.0 Å². The normalized spacial score (nSPS) is 10.0. The molecule has 1 aromatic carbocycles. The number of benzene rings is 1. The van der Waals surface area contributed by atoms with Gasteiger partial charge in [0.15, 0.2) is 0 Å². The molecule has 19 heavy (non-hydrogen) atoms. The van der Waals surface area contributed by atoms with Gasteiger partial charge in [0.05, 0.1) is 13.0 Å². The van der Waals surface area contributed by atoms with Crippen LogP contribution in [0.4, 0.5) is 0 Å². The third-order valence-electron chi connectivity index (χ3n) is 2.64. The summed E-state index contributed by atoms with van der Waals surface area (Å²) in [5.41, 5.74) is 0.728. The lowest BCUT2D eigenvalue weighted by molar-refractivity contribution is -0.134. The predicted octanol–water partition coefficient (Wildman–Crippen LogP) is 0.919. The number of carbonyl (C=O) groups excluding carboxylic acids is 2. The van der Waals surface area contributed by atoms with Crippen LogP contribution in [-0.4, -0.2) is 42.0 Å². The lowest BCUT2D eigenvalue weighted by atomic mass is 10.1. The Morgan fingerprint density at radius 2 is 2.11 bits per heavy atom. The van der Waals surface area contributed by atoms with Crippen molar-refractivity contribution in [2.45, 2.75) is 19.8 Å². The zero-order valence-electron chi connectivity index (χ0n) is 11.3. The van der Waals surface area contributed by atoms with Crippen LogP contribution in [0.25, 0.3) is 0 Å². The molecule has 0 spiro atoms. The van der Waals surface area contributed by atoms with Crippen molar-refractivity contribution >= 4 is 11.8 Å². The second-order valence-corrected chi connectivity index (χ2v) is 4.45. The van der Waals surface area contributed by atoms with E-state index in [0.29, 0.717) is 6.54 Å². The summed E-state index contributed by atoms with van der Waals surface area (Å²) in [6.07, 6.45) is 1.04. The number of phenols is 1. The number of rotatable bonds is 6. The molecule has 0 fully saturated rings. The molecule has 0 unspecified atom stereocenters. The van der Waals surface area contributed by atoms with E-state index < -0.39 is 0 Å². The van der Waals surface area contributed by atoms with E-state index in [1.165, 1.54) is 4.90 Å². The summed E-state index contributed by atoms with van der Waals surface area (Å²) >= 11 is 0. The molecule has 0 saturated heterocycles. The van der Waals surface area contributed by atoms with Crippen molar-refractivity contribution in [3.8, 4) is 5.75 Å². The van der Waals surface area contributed by atoms with E-state index in [9.17, 15) is 14.7 Å². The molecule has 1 aromatic rings. The maximum atomic E-state index is 11.9. The monoisotopic (exact) mass is 264 g/mol. The topological polar surface area (TPSA) is 69.6 Å². The summed E-state index contributed by atoms with van der Waals surface area (Å²) < 4.78 is 0. The summed E-state index contributed by atoms with van der Waals surface area (Å²) in [7, 11) is 1.59. The molecule has 104 valence electrons. The third kappa shape index (κ3) is 5.42. The highest BCUT2D eigenvalue weighted by Gasteiger charge is 2.13. The maximum absolute atomic E-state index is 11.9. The minimum atomic E-state index is -0.159. The summed E-state index contributed by atoms with van der Waals surface area (Å²) in [5, 5.41) is 12.0. The Kier molecular flexibility index (Phi) is 5.85. The van der Waals surface area contributed by atoms with Gasteiger partial charge in [0.1, 0.15) is 5.75 Å². The van der Waals surface area contributed by atoms with Gasteiger partial charge in [0.2, 0.25) is 11.8 Å². The molecule has 0 bridgehead atoms. The Labute approximate surface area is 113 Å². The first-order valence-corrected chi connectivity index (χ1v) is 6.31. The van der Waals surface area contributed by atoms with Crippen molar-refractivity contribution in [1.29, 1.82) is 0 Å². The van der Waals surface area contributed by atoms with E-state index in [2.05, 4.69) is 5.32 Å². The largest absolute Gasteiger partial charge is 0.508 e. The van der Waals surface area contributed by atoms with Gasteiger partial charge in [-0.15, -0.1) is 0 Å². The van der Waals surface area contributed by atoms with Crippen LogP contribution >= 0.6 is 0 Å². The minimum Gasteiger partial charge on any atom is -0.508 e. The molecule has 0 heterocycles. The molecular weight excluding hydrogens is 244 g/mol. The Bertz CT molecular complexity index is 446. The molecule has 5 heteroatoms. The van der Waals surface area contributed by atoms with Crippen LogP contribution in [0, 0.1) is 0 Å². The highest BCUT2D eigenvalue weighted by Crippen LogP contribution is 2.11. The van der Waals surface area contributed by atoms with Gasteiger partial charge in [-0.1, -0.05) is 19.1 Å². The number of amides is 2. The lowest BCUT2D eigenvalue weighted by Gasteiger charge is -2.16. The Balaban J connectivity index is 2.46. The molecule has 2 N–H and O–H groups in total. The van der Waals surface area contributed by atoms with Crippen molar-refractivity contribution in [2.75, 3.05) is 20.1 Å². The van der Waals surface area contributed by atoms with Crippen molar-refractivity contribution in [1.82, 2.24) is 10.2 Å². The molecule has 0 aliphatic carbocycles. The van der Waals surface area contributed by atoms with Crippen molar-refractivity contribution in [3.63, 3.8) is 0 Å². The first-order valence-electron chi connectivity index (χ1n) is 6.31. The number of nitrogens with zero attached hydrogens (tertiary/aromatic N) is 1. The van der Waals surface area contributed by atoms with Crippen LogP contribution in [0.15, 0.2) is 24.3 Å². The van der Waals surface area contributed by atoms with Crippen LogP contribution in [0.2, 0.25) is 0 Å². The number of nitrogens with one attached hydrogen (secondary N) is 1. The third-order valence-corrected chi connectivity index (χ3v) is 2.64. The standard InChI is InChI=1S/C14H20N2O3/c1-3-7-15-13(18)10-16(2)14(19)9-11-5-4-6-12(17)8-11/h4-6,8,17H,3,7,9-10H2,1-2H3,(H,15,18). The second kappa shape index (κ2) is 7.41. The highest BCUT2D eigenvalue weighted by molar-refractivity contribution is 5.85. The van der Waals surface area contributed by atoms with Crippen molar-refractivity contribution in [2.24, 2.45) is 0 Å². The number of hydrogen-bond acceptors (Lipinski definition) is 3. The molecule has 0 saturated carbocycles. The number of likely N-dealkylation sites (N-methyl/N-ethyl adjacent to an activating group) is 1. The van der Waals surface area contributed by atoms with E-state index in [0.717, 1.165) is 12.0 Å². The Morgan fingerprint density at radius 1 is 1.37 bits per heavy atom. The van der Waals surface area contributed by atoms with Crippen LogP contribution in [0.1, 0.15) is 18.9 Å². The predicted molar refractivity (Wildman–Crippen MR) is 72.7 cm³/mol. The fourth-order valence-electron chi connectivity index (χ4n) is 1.60. The van der Waals surface area contributed by atoms with Crippen LogP contribution in [0.3, 0.4) is 0 Å². The Morgan fingerprint density at radius 3 is 2.74 bits per heavy atom. The molecule has 0 atom stereocenters. The SMILES string of the molecule is CCCNC(=O)CN(C)C(=O)Cc1cccc(O)c1. The number of aromatic hydroxyl groups is 1. The molecule has 2 amide bonds. The molecule has 0 aromatic heterocycles. The van der Waals surface area contributed by atoms with Gasteiger partial charge in [-0.25, -0.2) is 0 Å². The number of carbonyl (C=O) groups is 2. The van der Waals surface area contributed by atoms with Crippen LogP contribution in [0.5, 0.6) is 5.75 Å². The van der Waals surface area contributed by atoms with Gasteiger partial charge < -0.3 is 15.3 Å². The summed E-state index contributed by atoms with van der Waals surface area (Å²) in [6, 6.07) is 6.55. The molecule has 5 nitrogen and oxygen atoms in total. The zero-order chi connectivity index (χ0) is 14.3. The quantitative estimate of drug-likeness (QED) is 0.802. The van der Waals surface area contributed by atoms with Gasteiger partial charge in [-0.3, -0.25) is 9.59 Å². The van der Waals surface area contributed by atoms with E-state index in [-0.39, 0.29) is 30.5 Å². The van der Waals surface area contributed by atoms with E-state index >= 15 is 0 Å². The maximum Gasteiger partial charge on any atom is 0.239 e. The van der Waals surface area contributed by atoms with E-state index in [1.807, 2.05) is 6.92 Å². The Hall–Kier alpha value is -2.04. The second-order valence-electron chi connectivity index (χ2n) is 4.45. The first kappa shape index (κ1) is 15.0.